The predicted molar refractivity (Wildman–Crippen MR) is 58.3 cm³/mol. The average molecular weight is 360 g/mol. The van der Waals surface area contributed by atoms with Crippen LogP contribution < -0.4 is 10.2 Å². The Hall–Kier alpha value is -0.831. The SMILES string of the molecule is O=C(O)C[N-]CC([O-])=NCC([O-])=NCC[S-].[O]=[99Tc+4]. The van der Waals surface area contributed by atoms with Crippen LogP contribution in [0.15, 0.2) is 9.98 Å². The van der Waals surface area contributed by atoms with E-state index in [2.05, 4.69) is 27.9 Å². The first-order valence-corrected chi connectivity index (χ1v) is 5.89. The van der Waals surface area contributed by atoms with E-state index in [1.165, 1.54) is 0 Å². The summed E-state index contributed by atoms with van der Waals surface area (Å²) in [6.07, 6.45) is 0. The van der Waals surface area contributed by atoms with Gasteiger partial charge in [-0.3, -0.25) is 4.79 Å². The molecule has 0 aliphatic heterocycles. The minimum absolute atomic E-state index is 0.237. The summed E-state index contributed by atoms with van der Waals surface area (Å²) in [4.78, 5) is 16.9. The molecule has 0 aliphatic rings. The summed E-state index contributed by atoms with van der Waals surface area (Å²) in [5.74, 6) is -1.93. The number of carbonyl (C=O) groups is 1. The summed E-state index contributed by atoms with van der Waals surface area (Å²) in [6, 6.07) is 0. The van der Waals surface area contributed by atoms with Crippen molar-refractivity contribution in [2.75, 3.05) is 31.9 Å². The number of carboxylic acids is 1. The van der Waals surface area contributed by atoms with Crippen LogP contribution in [-0.4, -0.2) is 54.8 Å². The van der Waals surface area contributed by atoms with Crippen molar-refractivity contribution in [2.24, 2.45) is 9.98 Å². The van der Waals surface area contributed by atoms with Crippen LogP contribution in [0, 0.1) is 0 Å². The summed E-state index contributed by atoms with van der Waals surface area (Å²) in [7, 11) is 0. The molecular weight excluding hydrogens is 349 g/mol. The maximum absolute atomic E-state index is 10.9. The van der Waals surface area contributed by atoms with Gasteiger partial charge in [-0.15, -0.1) is 6.54 Å². The molecule has 0 radical (unpaired) electrons. The van der Waals surface area contributed by atoms with E-state index in [4.69, 9.17) is 8.61 Å². The van der Waals surface area contributed by atoms with Crippen molar-refractivity contribution in [1.82, 2.24) is 0 Å². The maximum atomic E-state index is 10.9. The van der Waals surface area contributed by atoms with E-state index in [9.17, 15) is 15.0 Å². The first kappa shape index (κ1) is 19.5. The minimum atomic E-state index is -1.12. The normalized spacial score (nSPS) is 11.7. The van der Waals surface area contributed by atoms with Crippen LogP contribution in [0.4, 0.5) is 0 Å². The standard InChI is InChI=1S/C8H14N3O4S.O.Tc/c12-6(3-9-5-8(14)15)11-4-7(13)10-1-2-16;;/h16H,1-5H2,(H,10,13)(H,11,12)(H,14,15);;/q-1;;+4/p-3/i;;1+1. The van der Waals surface area contributed by atoms with Crippen molar-refractivity contribution in [1.29, 1.82) is 0 Å². The Morgan fingerprint density at radius 1 is 1.22 bits per heavy atom. The molecule has 0 unspecified atom stereocenters. The van der Waals surface area contributed by atoms with Gasteiger partial charge in [-0.05, 0) is 12.4 Å². The zero-order valence-electron chi connectivity index (χ0n) is 9.24. The molecule has 10 heteroatoms. The molecule has 0 spiro atoms. The second-order valence-corrected chi connectivity index (χ2v) is 3.03. The van der Waals surface area contributed by atoms with Gasteiger partial charge in [0.15, 0.2) is 0 Å². The van der Waals surface area contributed by atoms with Crippen molar-refractivity contribution in [3.8, 4) is 0 Å². The molecule has 0 fully saturated rings. The van der Waals surface area contributed by atoms with Gasteiger partial charge in [-0.25, -0.2) is 0 Å². The zero-order valence-corrected chi connectivity index (χ0v) is 11.9. The molecule has 18 heavy (non-hydrogen) atoms. The third-order valence-corrected chi connectivity index (χ3v) is 1.45. The fourth-order valence-electron chi connectivity index (χ4n) is 0.673. The summed E-state index contributed by atoms with van der Waals surface area (Å²) in [6.45, 7) is -0.881. The van der Waals surface area contributed by atoms with Crippen LogP contribution in [-0.2, 0) is 39.8 Å². The monoisotopic (exact) mass is 360 g/mol. The molecule has 0 heterocycles. The van der Waals surface area contributed by atoms with Crippen molar-refractivity contribution in [2.45, 2.75) is 0 Å². The van der Waals surface area contributed by atoms with E-state index in [0.717, 1.165) is 18.9 Å². The molecule has 0 amide bonds. The second kappa shape index (κ2) is 14.2. The molecule has 8 nitrogen and oxygen atoms in total. The molecule has 0 rings (SSSR count). The Balaban J connectivity index is 0. The van der Waals surface area contributed by atoms with E-state index in [1.54, 1.807) is 0 Å². The number of aliphatic imine (C=N–C) groups is 2. The number of carboxylic acid groups (broad SMARTS) is 1. The van der Waals surface area contributed by atoms with E-state index in [0.29, 0.717) is 5.75 Å². The number of hydrogen-bond donors (Lipinski definition) is 1. The molecule has 0 aromatic rings. The molecular formula is C8H11N3O5STc. The van der Waals surface area contributed by atoms with Crippen molar-refractivity contribution >= 4 is 30.4 Å². The number of rotatable bonds is 8. The van der Waals surface area contributed by atoms with Gasteiger partial charge in [-0.2, -0.15) is 5.75 Å². The van der Waals surface area contributed by atoms with E-state index < -0.39 is 24.3 Å². The molecule has 0 saturated heterocycles. The van der Waals surface area contributed by atoms with Gasteiger partial charge in [0, 0.05) is 6.54 Å². The molecule has 0 saturated carbocycles. The van der Waals surface area contributed by atoms with Gasteiger partial charge < -0.3 is 43.2 Å². The van der Waals surface area contributed by atoms with Gasteiger partial charge in [0.1, 0.15) is 0 Å². The topological polar surface area (TPSA) is 139 Å². The number of aliphatic carboxylic acids is 1. The summed E-state index contributed by atoms with van der Waals surface area (Å²) >= 11 is 5.47. The van der Waals surface area contributed by atoms with Crippen LogP contribution in [0.25, 0.3) is 5.32 Å². The van der Waals surface area contributed by atoms with Crippen LogP contribution in [0.2, 0.25) is 0 Å². The van der Waals surface area contributed by atoms with Gasteiger partial charge in [0.2, 0.25) is 0 Å². The fourth-order valence-corrected chi connectivity index (χ4v) is 0.765. The average Bonchev–Trinajstić information content (AvgIpc) is 2.35. The van der Waals surface area contributed by atoms with Crippen molar-refractivity contribution < 1.29 is 42.5 Å². The fraction of sp³-hybridized carbons (Fsp3) is 0.625. The molecule has 1 N–H and O–H groups in total. The second-order valence-electron chi connectivity index (χ2n) is 2.62. The number of hydrogen-bond acceptors (Lipinski definition) is 7. The summed E-state index contributed by atoms with van der Waals surface area (Å²) in [5.41, 5.74) is 0. The Labute approximate surface area is 120 Å². The third kappa shape index (κ3) is 15.2. The van der Waals surface area contributed by atoms with Crippen LogP contribution in [0.3, 0.4) is 0 Å². The van der Waals surface area contributed by atoms with Crippen LogP contribution >= 0.6 is 0 Å². The van der Waals surface area contributed by atoms with Crippen molar-refractivity contribution in [3.05, 3.63) is 5.32 Å². The number of nitrogens with zero attached hydrogens (tertiary/aromatic N) is 3. The van der Waals surface area contributed by atoms with Crippen molar-refractivity contribution in [3.63, 3.8) is 0 Å². The van der Waals surface area contributed by atoms with Gasteiger partial charge >= 0.3 is 22.4 Å². The van der Waals surface area contributed by atoms with E-state index in [1.807, 2.05) is 0 Å². The van der Waals surface area contributed by atoms with Gasteiger partial charge in [0.25, 0.3) is 5.97 Å². The summed E-state index contributed by atoms with van der Waals surface area (Å²) in [5, 5.41) is 33.5. The van der Waals surface area contributed by atoms with Gasteiger partial charge in [-0.1, -0.05) is 5.90 Å². The third-order valence-electron chi connectivity index (χ3n) is 1.26. The zero-order chi connectivity index (χ0) is 14.4. The first-order valence-electron chi connectivity index (χ1n) is 4.55. The quantitative estimate of drug-likeness (QED) is 0.286. The Morgan fingerprint density at radius 2 is 1.83 bits per heavy atom. The molecule has 0 bridgehead atoms. The Morgan fingerprint density at radius 3 is 2.33 bits per heavy atom. The Kier molecular flexibility index (Phi) is 15.4. The molecule has 0 atom stereocenters. The molecule has 0 aromatic carbocycles. The van der Waals surface area contributed by atoms with Crippen LogP contribution in [0.1, 0.15) is 0 Å². The van der Waals surface area contributed by atoms with Gasteiger partial charge in [0.05, 0.1) is 6.54 Å². The summed E-state index contributed by atoms with van der Waals surface area (Å²) < 4.78 is 8.22. The molecule has 0 aromatic heterocycles. The predicted octanol–water partition coefficient (Wildman–Crippen LogP) is -2.61. The van der Waals surface area contributed by atoms with Crippen LogP contribution in [0.5, 0.6) is 0 Å². The van der Waals surface area contributed by atoms with E-state index in [-0.39, 0.29) is 19.6 Å². The first-order chi connectivity index (χ1) is 8.56. The Bertz CT molecular complexity index is 300. The molecule has 0 aliphatic carbocycles. The van der Waals surface area contributed by atoms with E-state index >= 15 is 0 Å². The molecule has 101 valence electrons.